The SMILES string of the molecule is Fc1cc2c(C(F)F)cc(Br)cc2s1. The molecule has 0 bridgehead atoms. The Labute approximate surface area is 90.5 Å². The van der Waals surface area contributed by atoms with Gasteiger partial charge in [0.25, 0.3) is 6.43 Å². The van der Waals surface area contributed by atoms with Crippen LogP contribution in [0.25, 0.3) is 10.1 Å². The standard InChI is InChI=1S/C9H4BrF3S/c10-4-1-6(9(12)13)5-3-8(11)14-7(5)2-4/h1-3,9H. The molecule has 0 aliphatic carbocycles. The molecular formula is C9H4BrF3S. The molecular weight excluding hydrogens is 277 g/mol. The molecule has 0 amide bonds. The van der Waals surface area contributed by atoms with Crippen LogP contribution in [0.3, 0.4) is 0 Å². The molecule has 0 nitrogen and oxygen atoms in total. The van der Waals surface area contributed by atoms with E-state index in [2.05, 4.69) is 15.9 Å². The summed E-state index contributed by atoms with van der Waals surface area (Å²) in [6, 6.07) is 4.10. The third-order valence-electron chi connectivity index (χ3n) is 1.84. The molecule has 0 atom stereocenters. The first-order chi connectivity index (χ1) is 6.58. The van der Waals surface area contributed by atoms with Crippen molar-refractivity contribution in [3.63, 3.8) is 0 Å². The number of halogens is 4. The molecule has 0 N–H and O–H groups in total. The highest BCUT2D eigenvalue weighted by molar-refractivity contribution is 9.10. The second-order valence-corrected chi connectivity index (χ2v) is 4.71. The van der Waals surface area contributed by atoms with Crippen molar-refractivity contribution in [3.05, 3.63) is 33.4 Å². The van der Waals surface area contributed by atoms with Gasteiger partial charge in [-0.1, -0.05) is 15.9 Å². The summed E-state index contributed by atoms with van der Waals surface area (Å²) >= 11 is 3.98. The van der Waals surface area contributed by atoms with Gasteiger partial charge < -0.3 is 0 Å². The Kier molecular flexibility index (Phi) is 2.53. The van der Waals surface area contributed by atoms with Crippen LogP contribution in [-0.4, -0.2) is 0 Å². The van der Waals surface area contributed by atoms with Crippen LogP contribution in [0, 0.1) is 5.13 Å². The van der Waals surface area contributed by atoms with Crippen molar-refractivity contribution in [2.45, 2.75) is 6.43 Å². The molecule has 0 saturated heterocycles. The average Bonchev–Trinajstić information content (AvgIpc) is 2.42. The lowest BCUT2D eigenvalue weighted by Crippen LogP contribution is -1.84. The van der Waals surface area contributed by atoms with E-state index >= 15 is 0 Å². The van der Waals surface area contributed by atoms with Gasteiger partial charge in [-0.05, 0) is 18.2 Å². The van der Waals surface area contributed by atoms with Crippen LogP contribution in [0.1, 0.15) is 12.0 Å². The Morgan fingerprint density at radius 1 is 1.21 bits per heavy atom. The first kappa shape index (κ1) is 9.98. The molecule has 0 unspecified atom stereocenters. The van der Waals surface area contributed by atoms with Crippen LogP contribution in [0.4, 0.5) is 13.2 Å². The summed E-state index contributed by atoms with van der Waals surface area (Å²) in [5, 5.41) is -0.147. The van der Waals surface area contributed by atoms with Gasteiger partial charge in [-0.15, -0.1) is 11.3 Å². The van der Waals surface area contributed by atoms with Gasteiger partial charge in [0.05, 0.1) is 0 Å². The highest BCUT2D eigenvalue weighted by atomic mass is 79.9. The van der Waals surface area contributed by atoms with Crippen molar-refractivity contribution in [3.8, 4) is 0 Å². The molecule has 74 valence electrons. The van der Waals surface area contributed by atoms with E-state index in [0.717, 1.165) is 17.4 Å². The topological polar surface area (TPSA) is 0 Å². The van der Waals surface area contributed by atoms with Gasteiger partial charge in [-0.3, -0.25) is 0 Å². The van der Waals surface area contributed by atoms with Crippen LogP contribution < -0.4 is 0 Å². The van der Waals surface area contributed by atoms with Crippen molar-refractivity contribution in [1.82, 2.24) is 0 Å². The van der Waals surface area contributed by atoms with E-state index in [-0.39, 0.29) is 5.56 Å². The summed E-state index contributed by atoms with van der Waals surface area (Å²) < 4.78 is 39.0. The van der Waals surface area contributed by atoms with Crippen LogP contribution in [0.15, 0.2) is 22.7 Å². The zero-order chi connectivity index (χ0) is 10.3. The number of rotatable bonds is 1. The predicted molar refractivity (Wildman–Crippen MR) is 54.4 cm³/mol. The molecule has 1 aromatic carbocycles. The molecule has 0 radical (unpaired) electrons. The lowest BCUT2D eigenvalue weighted by molar-refractivity contribution is 0.153. The van der Waals surface area contributed by atoms with E-state index in [0.29, 0.717) is 14.6 Å². The molecule has 2 rings (SSSR count). The van der Waals surface area contributed by atoms with E-state index in [1.54, 1.807) is 6.07 Å². The van der Waals surface area contributed by atoms with E-state index < -0.39 is 11.6 Å². The summed E-state index contributed by atoms with van der Waals surface area (Å²) in [6.07, 6.45) is -2.58. The minimum absolute atomic E-state index is 0.130. The zero-order valence-electron chi connectivity index (χ0n) is 6.73. The van der Waals surface area contributed by atoms with Gasteiger partial charge >= 0.3 is 0 Å². The largest absolute Gasteiger partial charge is 0.264 e. The second-order valence-electron chi connectivity index (χ2n) is 2.76. The molecule has 0 spiro atoms. The Balaban J connectivity index is 2.79. The normalized spacial score (nSPS) is 11.5. The third-order valence-corrected chi connectivity index (χ3v) is 3.17. The number of benzene rings is 1. The number of fused-ring (bicyclic) bond motifs is 1. The molecule has 5 heteroatoms. The molecule has 0 saturated carbocycles. The minimum atomic E-state index is -2.58. The van der Waals surface area contributed by atoms with E-state index in [1.807, 2.05) is 0 Å². The van der Waals surface area contributed by atoms with Crippen LogP contribution >= 0.6 is 27.3 Å². The van der Waals surface area contributed by atoms with Gasteiger partial charge in [0.15, 0.2) is 5.13 Å². The monoisotopic (exact) mass is 280 g/mol. The van der Waals surface area contributed by atoms with E-state index in [1.165, 1.54) is 6.07 Å². The van der Waals surface area contributed by atoms with Crippen molar-refractivity contribution in [2.24, 2.45) is 0 Å². The summed E-state index contributed by atoms with van der Waals surface area (Å²) in [4.78, 5) is 0. The van der Waals surface area contributed by atoms with E-state index in [9.17, 15) is 13.2 Å². The summed E-state index contributed by atoms with van der Waals surface area (Å²) in [5.41, 5.74) is -0.130. The summed E-state index contributed by atoms with van der Waals surface area (Å²) in [6.45, 7) is 0. The molecule has 14 heavy (non-hydrogen) atoms. The average molecular weight is 281 g/mol. The number of hydrogen-bond donors (Lipinski definition) is 0. The number of thiophene rings is 1. The number of hydrogen-bond acceptors (Lipinski definition) is 1. The molecule has 0 aliphatic rings. The quantitative estimate of drug-likeness (QED) is 0.708. The summed E-state index contributed by atoms with van der Waals surface area (Å²) in [5.74, 6) is 0. The smallest absolute Gasteiger partial charge is 0.205 e. The Bertz CT molecular complexity index is 478. The molecule has 0 fully saturated rings. The fraction of sp³-hybridized carbons (Fsp3) is 0.111. The van der Waals surface area contributed by atoms with Gasteiger partial charge in [0.1, 0.15) is 0 Å². The maximum atomic E-state index is 12.9. The zero-order valence-corrected chi connectivity index (χ0v) is 9.13. The first-order valence-electron chi connectivity index (χ1n) is 3.74. The fourth-order valence-corrected chi connectivity index (χ4v) is 2.77. The predicted octanol–water partition coefficient (Wildman–Crippen LogP) is 4.74. The molecule has 0 aliphatic heterocycles. The molecule has 2 aromatic rings. The van der Waals surface area contributed by atoms with Crippen molar-refractivity contribution >= 4 is 37.4 Å². The van der Waals surface area contributed by atoms with Crippen molar-refractivity contribution in [2.75, 3.05) is 0 Å². The second kappa shape index (κ2) is 3.55. The lowest BCUT2D eigenvalue weighted by Gasteiger charge is -2.02. The Hall–Kier alpha value is -0.550. The lowest BCUT2D eigenvalue weighted by atomic mass is 10.1. The van der Waals surface area contributed by atoms with Crippen LogP contribution in [0.2, 0.25) is 0 Å². The molecule has 1 aromatic heterocycles. The van der Waals surface area contributed by atoms with Gasteiger partial charge in [-0.2, -0.15) is 4.39 Å². The van der Waals surface area contributed by atoms with Crippen molar-refractivity contribution in [1.29, 1.82) is 0 Å². The highest BCUT2D eigenvalue weighted by Crippen LogP contribution is 2.35. The molecule has 1 heterocycles. The Morgan fingerprint density at radius 2 is 1.93 bits per heavy atom. The van der Waals surface area contributed by atoms with Crippen LogP contribution in [0.5, 0.6) is 0 Å². The van der Waals surface area contributed by atoms with Crippen LogP contribution in [-0.2, 0) is 0 Å². The van der Waals surface area contributed by atoms with Gasteiger partial charge in [0, 0.05) is 20.1 Å². The number of alkyl halides is 2. The van der Waals surface area contributed by atoms with Crippen molar-refractivity contribution < 1.29 is 13.2 Å². The minimum Gasteiger partial charge on any atom is -0.205 e. The Morgan fingerprint density at radius 3 is 2.57 bits per heavy atom. The summed E-state index contributed by atoms with van der Waals surface area (Å²) in [7, 11) is 0. The fourth-order valence-electron chi connectivity index (χ4n) is 1.28. The first-order valence-corrected chi connectivity index (χ1v) is 5.35. The maximum absolute atomic E-state index is 12.9. The van der Waals surface area contributed by atoms with Gasteiger partial charge in [-0.25, -0.2) is 8.78 Å². The third kappa shape index (κ3) is 1.66. The maximum Gasteiger partial charge on any atom is 0.264 e. The van der Waals surface area contributed by atoms with E-state index in [4.69, 9.17) is 0 Å². The van der Waals surface area contributed by atoms with Gasteiger partial charge in [0.2, 0.25) is 0 Å². The highest BCUT2D eigenvalue weighted by Gasteiger charge is 2.14.